The van der Waals surface area contributed by atoms with Gasteiger partial charge in [-0.05, 0) is 30.9 Å². The maximum atomic E-state index is 4.25. The summed E-state index contributed by atoms with van der Waals surface area (Å²) in [5.74, 6) is 2.78. The molecule has 100 valence electrons. The summed E-state index contributed by atoms with van der Waals surface area (Å²) in [6, 6.07) is 2.02. The van der Waals surface area contributed by atoms with E-state index in [4.69, 9.17) is 0 Å². The Hall–Kier alpha value is -0.770. The van der Waals surface area contributed by atoms with Crippen LogP contribution in [0, 0.1) is 11.8 Å². The minimum atomic E-state index is 0.906. The Morgan fingerprint density at radius 3 is 3.06 bits per heavy atom. The Kier molecular flexibility index (Phi) is 5.29. The van der Waals surface area contributed by atoms with Crippen molar-refractivity contribution in [2.75, 3.05) is 18.1 Å². The van der Waals surface area contributed by atoms with Crippen molar-refractivity contribution in [2.45, 2.75) is 44.1 Å². The van der Waals surface area contributed by atoms with Crippen molar-refractivity contribution in [1.82, 2.24) is 9.97 Å². The van der Waals surface area contributed by atoms with Gasteiger partial charge in [-0.1, -0.05) is 26.2 Å². The van der Waals surface area contributed by atoms with E-state index in [-0.39, 0.29) is 0 Å². The summed E-state index contributed by atoms with van der Waals surface area (Å²) >= 11 is 1.65. The Labute approximate surface area is 114 Å². The normalized spacial score (nSPS) is 23.9. The highest BCUT2D eigenvalue weighted by molar-refractivity contribution is 7.98. The number of aromatic nitrogens is 2. The summed E-state index contributed by atoms with van der Waals surface area (Å²) in [4.78, 5) is 8.43. The van der Waals surface area contributed by atoms with Gasteiger partial charge >= 0.3 is 0 Å². The van der Waals surface area contributed by atoms with Gasteiger partial charge in [0.25, 0.3) is 0 Å². The summed E-state index contributed by atoms with van der Waals surface area (Å²) in [5.41, 5.74) is 0. The lowest BCUT2D eigenvalue weighted by Crippen LogP contribution is -2.16. The van der Waals surface area contributed by atoms with Crippen LogP contribution in [0.2, 0.25) is 0 Å². The molecule has 0 saturated heterocycles. The van der Waals surface area contributed by atoms with E-state index in [1.54, 1.807) is 18.1 Å². The summed E-state index contributed by atoms with van der Waals surface area (Å²) in [6.45, 7) is 3.41. The quantitative estimate of drug-likeness (QED) is 0.648. The summed E-state index contributed by atoms with van der Waals surface area (Å²) in [7, 11) is 0. The van der Waals surface area contributed by atoms with Crippen molar-refractivity contribution in [2.24, 2.45) is 11.8 Å². The first-order valence-electron chi connectivity index (χ1n) is 6.88. The highest BCUT2D eigenvalue weighted by Gasteiger charge is 2.18. The molecule has 1 fully saturated rings. The Morgan fingerprint density at radius 2 is 2.28 bits per heavy atom. The molecule has 1 aromatic rings. The van der Waals surface area contributed by atoms with Gasteiger partial charge in [-0.25, -0.2) is 9.97 Å². The lowest BCUT2D eigenvalue weighted by Gasteiger charge is -2.26. The van der Waals surface area contributed by atoms with Crippen molar-refractivity contribution >= 4 is 17.6 Å². The molecule has 1 aromatic heterocycles. The van der Waals surface area contributed by atoms with Gasteiger partial charge in [0.2, 0.25) is 0 Å². The fourth-order valence-corrected chi connectivity index (χ4v) is 3.16. The fraction of sp³-hybridized carbons (Fsp3) is 0.714. The summed E-state index contributed by atoms with van der Waals surface area (Å²) in [6.07, 6.45) is 10.6. The minimum absolute atomic E-state index is 0.906. The second-order valence-electron chi connectivity index (χ2n) is 5.30. The highest BCUT2D eigenvalue weighted by atomic mass is 32.2. The topological polar surface area (TPSA) is 37.8 Å². The van der Waals surface area contributed by atoms with Gasteiger partial charge in [0, 0.05) is 12.6 Å². The first kappa shape index (κ1) is 13.7. The van der Waals surface area contributed by atoms with E-state index in [1.807, 2.05) is 12.3 Å². The van der Waals surface area contributed by atoms with Crippen molar-refractivity contribution in [3.63, 3.8) is 0 Å². The van der Waals surface area contributed by atoms with Crippen molar-refractivity contribution < 1.29 is 0 Å². The number of nitrogens with one attached hydrogen (secondary N) is 1. The molecule has 3 nitrogen and oxygen atoms in total. The van der Waals surface area contributed by atoms with Crippen LogP contribution in [-0.2, 0) is 0 Å². The Balaban J connectivity index is 1.74. The standard InChI is InChI=1S/C14H23N3S/c1-11-4-3-5-12(8-11)6-7-15-13-9-14(18-2)17-10-16-13/h9-12H,3-8H2,1-2H3,(H,15,16,17). The van der Waals surface area contributed by atoms with Crippen LogP contribution in [-0.4, -0.2) is 22.8 Å². The molecule has 2 atom stereocenters. The van der Waals surface area contributed by atoms with Crippen LogP contribution in [0.4, 0.5) is 5.82 Å². The van der Waals surface area contributed by atoms with Crippen LogP contribution < -0.4 is 5.32 Å². The first-order valence-corrected chi connectivity index (χ1v) is 8.10. The Bertz CT molecular complexity index is 370. The zero-order valence-corrected chi connectivity index (χ0v) is 12.2. The molecule has 2 rings (SSSR count). The lowest BCUT2D eigenvalue weighted by molar-refractivity contribution is 0.274. The van der Waals surface area contributed by atoms with Crippen LogP contribution >= 0.6 is 11.8 Å². The number of anilines is 1. The highest BCUT2D eigenvalue weighted by Crippen LogP contribution is 2.30. The molecule has 1 saturated carbocycles. The van der Waals surface area contributed by atoms with Crippen molar-refractivity contribution in [3.05, 3.63) is 12.4 Å². The molecule has 1 aliphatic rings. The van der Waals surface area contributed by atoms with E-state index in [1.165, 1.54) is 32.1 Å². The molecule has 2 unspecified atom stereocenters. The molecule has 1 N–H and O–H groups in total. The monoisotopic (exact) mass is 265 g/mol. The molecule has 18 heavy (non-hydrogen) atoms. The van der Waals surface area contributed by atoms with Gasteiger partial charge in [0.1, 0.15) is 17.2 Å². The molecule has 0 aliphatic heterocycles. The van der Waals surface area contributed by atoms with Gasteiger partial charge in [-0.15, -0.1) is 11.8 Å². The molecule has 4 heteroatoms. The molecule has 0 aromatic carbocycles. The molecule has 1 heterocycles. The molecule has 0 amide bonds. The van der Waals surface area contributed by atoms with E-state index in [2.05, 4.69) is 22.2 Å². The summed E-state index contributed by atoms with van der Waals surface area (Å²) in [5, 5.41) is 4.44. The number of hydrogen-bond acceptors (Lipinski definition) is 4. The maximum Gasteiger partial charge on any atom is 0.130 e. The van der Waals surface area contributed by atoms with Crippen molar-refractivity contribution in [1.29, 1.82) is 0 Å². The third kappa shape index (κ3) is 4.16. The van der Waals surface area contributed by atoms with E-state index < -0.39 is 0 Å². The molecule has 0 spiro atoms. The van der Waals surface area contributed by atoms with Crippen molar-refractivity contribution in [3.8, 4) is 0 Å². The van der Waals surface area contributed by atoms with E-state index in [0.29, 0.717) is 0 Å². The fourth-order valence-electron chi connectivity index (χ4n) is 2.77. The molecule has 0 bridgehead atoms. The number of thioether (sulfide) groups is 1. The second-order valence-corrected chi connectivity index (χ2v) is 6.13. The van der Waals surface area contributed by atoms with Gasteiger partial charge in [-0.2, -0.15) is 0 Å². The summed E-state index contributed by atoms with van der Waals surface area (Å²) < 4.78 is 0. The maximum absolute atomic E-state index is 4.25. The largest absolute Gasteiger partial charge is 0.370 e. The van der Waals surface area contributed by atoms with Crippen LogP contribution in [0.25, 0.3) is 0 Å². The first-order chi connectivity index (χ1) is 8.78. The number of nitrogens with zero attached hydrogens (tertiary/aromatic N) is 2. The molecule has 1 aliphatic carbocycles. The molecular formula is C14H23N3S. The number of hydrogen-bond donors (Lipinski definition) is 1. The average molecular weight is 265 g/mol. The van der Waals surface area contributed by atoms with Gasteiger partial charge < -0.3 is 5.32 Å². The van der Waals surface area contributed by atoms with Gasteiger partial charge in [0.05, 0.1) is 0 Å². The third-order valence-corrected chi connectivity index (χ3v) is 4.40. The zero-order chi connectivity index (χ0) is 12.8. The predicted molar refractivity (Wildman–Crippen MR) is 78.0 cm³/mol. The zero-order valence-electron chi connectivity index (χ0n) is 11.4. The molecule has 0 radical (unpaired) electrons. The second kappa shape index (κ2) is 6.98. The lowest BCUT2D eigenvalue weighted by atomic mass is 9.81. The van der Waals surface area contributed by atoms with Gasteiger partial charge in [0.15, 0.2) is 0 Å². The minimum Gasteiger partial charge on any atom is -0.370 e. The van der Waals surface area contributed by atoms with Crippen LogP contribution in [0.3, 0.4) is 0 Å². The van der Waals surface area contributed by atoms with E-state index in [0.717, 1.165) is 29.2 Å². The number of rotatable bonds is 5. The van der Waals surface area contributed by atoms with Crippen LogP contribution in [0.5, 0.6) is 0 Å². The van der Waals surface area contributed by atoms with Crippen LogP contribution in [0.15, 0.2) is 17.4 Å². The van der Waals surface area contributed by atoms with E-state index in [9.17, 15) is 0 Å². The van der Waals surface area contributed by atoms with Crippen LogP contribution in [0.1, 0.15) is 39.0 Å². The SMILES string of the molecule is CSc1cc(NCCC2CCCC(C)C2)ncn1. The molecular weight excluding hydrogens is 242 g/mol. The van der Waals surface area contributed by atoms with Gasteiger partial charge in [-0.3, -0.25) is 0 Å². The average Bonchev–Trinajstić information content (AvgIpc) is 2.39. The Morgan fingerprint density at radius 1 is 1.39 bits per heavy atom. The van der Waals surface area contributed by atoms with E-state index >= 15 is 0 Å². The third-order valence-electron chi connectivity index (χ3n) is 3.75. The predicted octanol–water partition coefficient (Wildman–Crippen LogP) is 3.83. The smallest absolute Gasteiger partial charge is 0.130 e.